The third-order valence-electron chi connectivity index (χ3n) is 8.50. The number of hydrogen-bond donors (Lipinski definition) is 2. The van der Waals surface area contributed by atoms with Gasteiger partial charge in [-0.25, -0.2) is 4.39 Å². The molecule has 0 spiro atoms. The highest BCUT2D eigenvalue weighted by Crippen LogP contribution is 2.32. The molecule has 0 bridgehead atoms. The van der Waals surface area contributed by atoms with Crippen LogP contribution in [0.1, 0.15) is 41.9 Å². The summed E-state index contributed by atoms with van der Waals surface area (Å²) >= 11 is 0. The highest BCUT2D eigenvalue weighted by Gasteiger charge is 2.39. The number of aromatic amines is 2. The van der Waals surface area contributed by atoms with Crippen LogP contribution in [0.4, 0.5) is 17.6 Å². The van der Waals surface area contributed by atoms with E-state index in [0.29, 0.717) is 63.8 Å². The predicted molar refractivity (Wildman–Crippen MR) is 153 cm³/mol. The number of alkyl halides is 3. The number of benzene rings is 2. The number of carbonyl (C=O) groups is 2. The SMILES string of the molecule is [B]c1cc2c(c3c([B])[nH]nc13)CN(CC(F)(F)F)C(=O)[C@H](CC(=O)N1CCC(c3cc4cccc(F)c4[nH]c3=O)CC1)C2. The van der Waals surface area contributed by atoms with E-state index in [-0.39, 0.29) is 53.3 Å². The van der Waals surface area contributed by atoms with Gasteiger partial charge in [0.25, 0.3) is 5.56 Å². The molecule has 2 aliphatic heterocycles. The molecule has 1 saturated heterocycles. The van der Waals surface area contributed by atoms with E-state index in [1.165, 1.54) is 6.07 Å². The largest absolute Gasteiger partial charge is 0.406 e. The maximum absolute atomic E-state index is 14.1. The lowest BCUT2D eigenvalue weighted by molar-refractivity contribution is -0.165. The quantitative estimate of drug-likeness (QED) is 0.281. The highest BCUT2D eigenvalue weighted by molar-refractivity contribution is 6.43. The smallest absolute Gasteiger partial charge is 0.343 e. The van der Waals surface area contributed by atoms with Crippen molar-refractivity contribution in [1.82, 2.24) is 25.0 Å². The second kappa shape index (κ2) is 10.9. The van der Waals surface area contributed by atoms with E-state index >= 15 is 0 Å². The van der Waals surface area contributed by atoms with Gasteiger partial charge in [-0.15, -0.1) is 0 Å². The third-order valence-corrected chi connectivity index (χ3v) is 8.50. The van der Waals surface area contributed by atoms with Crippen LogP contribution in [0.3, 0.4) is 0 Å². The van der Waals surface area contributed by atoms with E-state index in [1.54, 1.807) is 29.2 Å². The maximum Gasteiger partial charge on any atom is 0.406 e. The zero-order valence-electron chi connectivity index (χ0n) is 22.9. The standard InChI is InChI=1S/C29H25B2F4N5O3/c30-20-10-16-8-17(28(43)40(13-29(33,34)35)12-19(16)23-25(20)37-38-26(23)31)11-22(41)39-6-4-14(5-7-39)18-9-15-2-1-3-21(32)24(15)36-27(18)42/h1-3,9-10,14,17H,4-8,11-13H2,(H,36,42)(H,37,38)/t17-/m0/s1. The summed E-state index contributed by atoms with van der Waals surface area (Å²) in [7, 11) is 12.2. The van der Waals surface area contributed by atoms with Crippen molar-refractivity contribution in [3.63, 3.8) is 0 Å². The number of H-pyrrole nitrogens is 2. The summed E-state index contributed by atoms with van der Waals surface area (Å²) in [4.78, 5) is 44.5. The number of carbonyl (C=O) groups excluding carboxylic acids is 2. The number of nitrogens with one attached hydrogen (secondary N) is 2. The van der Waals surface area contributed by atoms with Crippen LogP contribution >= 0.6 is 0 Å². The van der Waals surface area contributed by atoms with Gasteiger partial charge in [0.15, 0.2) is 0 Å². The molecule has 14 heteroatoms. The Labute approximate surface area is 245 Å². The molecule has 2 aromatic heterocycles. The Morgan fingerprint density at radius 1 is 1.12 bits per heavy atom. The summed E-state index contributed by atoms with van der Waals surface area (Å²) in [6, 6.07) is 7.79. The molecule has 1 atom stereocenters. The minimum atomic E-state index is -4.65. The molecule has 2 aliphatic rings. The highest BCUT2D eigenvalue weighted by atomic mass is 19.4. The van der Waals surface area contributed by atoms with Gasteiger partial charge in [0, 0.05) is 42.4 Å². The van der Waals surface area contributed by atoms with Gasteiger partial charge in [-0.3, -0.25) is 19.5 Å². The Hall–Kier alpha value is -4.09. The summed E-state index contributed by atoms with van der Waals surface area (Å²) in [5.41, 5.74) is 1.92. The van der Waals surface area contributed by atoms with Crippen molar-refractivity contribution in [2.24, 2.45) is 5.92 Å². The molecule has 2 N–H and O–H groups in total. The topological polar surface area (TPSA) is 102 Å². The van der Waals surface area contributed by atoms with Gasteiger partial charge < -0.3 is 14.8 Å². The Kier molecular flexibility index (Phi) is 7.34. The molecule has 4 aromatic rings. The fourth-order valence-corrected chi connectivity index (χ4v) is 6.42. The molecule has 6 rings (SSSR count). The average Bonchev–Trinajstić information content (AvgIpc) is 3.30. The molecule has 8 nitrogen and oxygen atoms in total. The summed E-state index contributed by atoms with van der Waals surface area (Å²) in [5, 5.41) is 7.60. The van der Waals surface area contributed by atoms with Gasteiger partial charge in [-0.2, -0.15) is 18.3 Å². The summed E-state index contributed by atoms with van der Waals surface area (Å²) in [6.45, 7) is -1.23. The Balaban J connectivity index is 1.21. The van der Waals surface area contributed by atoms with Crippen molar-refractivity contribution < 1.29 is 27.2 Å². The number of aromatic nitrogens is 3. The fourth-order valence-electron chi connectivity index (χ4n) is 6.42. The normalized spacial score (nSPS) is 18.3. The first-order valence-corrected chi connectivity index (χ1v) is 13.9. The number of piperidine rings is 1. The lowest BCUT2D eigenvalue weighted by Crippen LogP contribution is -2.44. The number of amides is 2. The van der Waals surface area contributed by atoms with Crippen molar-refractivity contribution in [2.75, 3.05) is 19.6 Å². The van der Waals surface area contributed by atoms with Crippen LogP contribution in [-0.2, 0) is 22.6 Å². The van der Waals surface area contributed by atoms with Gasteiger partial charge in [0.2, 0.25) is 11.8 Å². The average molecular weight is 589 g/mol. The van der Waals surface area contributed by atoms with Crippen LogP contribution in [0.25, 0.3) is 21.8 Å². The number of fused-ring (bicyclic) bond motifs is 4. The van der Waals surface area contributed by atoms with E-state index < -0.39 is 30.4 Å². The molecule has 4 radical (unpaired) electrons. The maximum atomic E-state index is 14.1. The molecule has 2 aromatic carbocycles. The minimum Gasteiger partial charge on any atom is -0.343 e. The van der Waals surface area contributed by atoms with Crippen molar-refractivity contribution in [3.05, 3.63) is 63.2 Å². The van der Waals surface area contributed by atoms with E-state index in [2.05, 4.69) is 15.2 Å². The molecule has 0 saturated carbocycles. The van der Waals surface area contributed by atoms with Crippen LogP contribution in [0.5, 0.6) is 0 Å². The first-order chi connectivity index (χ1) is 20.4. The molecular formula is C29H25B2F4N5O3. The van der Waals surface area contributed by atoms with E-state index in [0.717, 1.165) is 0 Å². The number of halogens is 4. The summed E-state index contributed by atoms with van der Waals surface area (Å²) in [6.07, 6.45) is -4.00. The predicted octanol–water partition coefficient (Wildman–Crippen LogP) is 1.99. The number of rotatable bonds is 4. The first kappa shape index (κ1) is 29.0. The summed E-state index contributed by atoms with van der Waals surface area (Å²) < 4.78 is 54.7. The molecule has 4 heterocycles. The Morgan fingerprint density at radius 2 is 1.86 bits per heavy atom. The number of pyridine rings is 1. The molecule has 0 aliphatic carbocycles. The van der Waals surface area contributed by atoms with Crippen LogP contribution in [-0.4, -0.2) is 78.3 Å². The number of nitrogens with zero attached hydrogens (tertiary/aromatic N) is 3. The summed E-state index contributed by atoms with van der Waals surface area (Å²) in [5.74, 6) is -2.87. The van der Waals surface area contributed by atoms with Gasteiger partial charge >= 0.3 is 6.18 Å². The van der Waals surface area contributed by atoms with Crippen molar-refractivity contribution in [2.45, 2.75) is 44.3 Å². The van der Waals surface area contributed by atoms with Crippen molar-refractivity contribution in [3.8, 4) is 0 Å². The number of likely N-dealkylation sites (tertiary alicyclic amines) is 1. The third kappa shape index (κ3) is 5.54. The second-order valence-corrected chi connectivity index (χ2v) is 11.3. The first-order valence-electron chi connectivity index (χ1n) is 13.9. The Bertz CT molecular complexity index is 1810. The van der Waals surface area contributed by atoms with Crippen molar-refractivity contribution in [1.29, 1.82) is 0 Å². The second-order valence-electron chi connectivity index (χ2n) is 11.3. The molecule has 218 valence electrons. The van der Waals surface area contributed by atoms with Gasteiger partial charge in [-0.05, 0) is 54.0 Å². The van der Waals surface area contributed by atoms with E-state index in [1.807, 2.05) is 0 Å². The van der Waals surface area contributed by atoms with Crippen molar-refractivity contribution >= 4 is 60.4 Å². The monoisotopic (exact) mass is 589 g/mol. The molecule has 1 fully saturated rings. The minimum absolute atomic E-state index is 0.0124. The van der Waals surface area contributed by atoms with E-state index in [4.69, 9.17) is 15.7 Å². The zero-order valence-corrected chi connectivity index (χ0v) is 22.9. The van der Waals surface area contributed by atoms with Crippen LogP contribution in [0.15, 0.2) is 35.1 Å². The van der Waals surface area contributed by atoms with Crippen LogP contribution in [0, 0.1) is 11.7 Å². The van der Waals surface area contributed by atoms with E-state index in [9.17, 15) is 31.9 Å². The molecular weight excluding hydrogens is 564 g/mol. The molecule has 0 unspecified atom stereocenters. The number of para-hydroxylation sites is 1. The van der Waals surface area contributed by atoms with Gasteiger partial charge in [0.05, 0.1) is 17.0 Å². The lowest BCUT2D eigenvalue weighted by atomic mass is 9.83. The zero-order chi connectivity index (χ0) is 30.6. The van der Waals surface area contributed by atoms with Gasteiger partial charge in [-0.1, -0.05) is 23.7 Å². The molecule has 2 amide bonds. The lowest BCUT2D eigenvalue weighted by Gasteiger charge is -2.33. The Morgan fingerprint density at radius 3 is 2.58 bits per heavy atom. The fraction of sp³-hybridized carbons (Fsp3) is 0.379. The molecule has 43 heavy (non-hydrogen) atoms. The number of hydrogen-bond acceptors (Lipinski definition) is 4. The van der Waals surface area contributed by atoms with Crippen LogP contribution < -0.4 is 16.6 Å². The van der Waals surface area contributed by atoms with Crippen LogP contribution in [0.2, 0.25) is 0 Å². The van der Waals surface area contributed by atoms with Gasteiger partial charge in [0.1, 0.15) is 28.1 Å².